The number of quaternary nitrogens is 1. The minimum absolute atomic E-state index is 0.213. The average molecular weight is 209 g/mol. The Hall–Kier alpha value is 0.210. The van der Waals surface area contributed by atoms with Crippen molar-refractivity contribution in [2.24, 2.45) is 0 Å². The molecule has 0 bridgehead atoms. The van der Waals surface area contributed by atoms with Crippen LogP contribution in [0.5, 0.6) is 0 Å². The highest BCUT2D eigenvalue weighted by Crippen LogP contribution is 2.09. The quantitative estimate of drug-likeness (QED) is 0.500. The highest BCUT2D eigenvalue weighted by atomic mass is 35.5. The molecule has 3 heteroatoms. The molecular weight excluding hydrogens is 186 g/mol. The Morgan fingerprint density at radius 2 is 1.85 bits per heavy atom. The Balaban J connectivity index is 4.13. The zero-order valence-corrected chi connectivity index (χ0v) is 9.85. The predicted molar refractivity (Wildman–Crippen MR) is 58.1 cm³/mol. The van der Waals surface area contributed by atoms with E-state index in [1.54, 1.807) is 0 Å². The van der Waals surface area contributed by atoms with Crippen molar-refractivity contribution in [3.8, 4) is 0 Å². The molecule has 0 aromatic heterocycles. The van der Waals surface area contributed by atoms with Crippen LogP contribution in [0.15, 0.2) is 0 Å². The fourth-order valence-corrected chi connectivity index (χ4v) is 1.96. The summed E-state index contributed by atoms with van der Waals surface area (Å²) in [6.07, 6.45) is 0.825. The van der Waals surface area contributed by atoms with Crippen molar-refractivity contribution >= 4 is 11.6 Å². The van der Waals surface area contributed by atoms with Gasteiger partial charge in [0.15, 0.2) is 0 Å². The van der Waals surface area contributed by atoms with E-state index in [0.29, 0.717) is 0 Å². The lowest BCUT2D eigenvalue weighted by Crippen LogP contribution is -2.52. The number of hydrogen-bond acceptors (Lipinski definition) is 1. The van der Waals surface area contributed by atoms with E-state index >= 15 is 0 Å². The van der Waals surface area contributed by atoms with Gasteiger partial charge in [0.2, 0.25) is 0 Å². The predicted octanol–water partition coefficient (Wildman–Crippen LogP) is 1.85. The summed E-state index contributed by atoms with van der Waals surface area (Å²) < 4.78 is 0.990. The Bertz CT molecular complexity index is 124. The van der Waals surface area contributed by atoms with Crippen LogP contribution < -0.4 is 0 Å². The van der Waals surface area contributed by atoms with Crippen LogP contribution >= 0.6 is 11.6 Å². The van der Waals surface area contributed by atoms with Crippen LogP contribution in [0.25, 0.3) is 0 Å². The molecule has 0 aliphatic rings. The second kappa shape index (κ2) is 6.63. The lowest BCUT2D eigenvalue weighted by molar-refractivity contribution is -0.927. The second-order valence-electron chi connectivity index (χ2n) is 3.77. The first-order chi connectivity index (χ1) is 6.10. The Morgan fingerprint density at radius 3 is 2.15 bits per heavy atom. The fraction of sp³-hybridized carbons (Fsp3) is 1.00. The molecule has 0 saturated heterocycles. The normalized spacial score (nSPS) is 14.5. The van der Waals surface area contributed by atoms with Crippen molar-refractivity contribution in [1.29, 1.82) is 0 Å². The van der Waals surface area contributed by atoms with Crippen LogP contribution in [0, 0.1) is 0 Å². The molecule has 0 radical (unpaired) electrons. The van der Waals surface area contributed by atoms with Crippen LogP contribution in [0.4, 0.5) is 0 Å². The third-order valence-corrected chi connectivity index (χ3v) is 3.03. The van der Waals surface area contributed by atoms with Crippen molar-refractivity contribution in [3.05, 3.63) is 0 Å². The van der Waals surface area contributed by atoms with E-state index in [1.807, 2.05) is 6.92 Å². The maximum atomic E-state index is 9.40. The molecule has 0 saturated carbocycles. The van der Waals surface area contributed by atoms with Gasteiger partial charge in [0.25, 0.3) is 0 Å². The van der Waals surface area contributed by atoms with Crippen molar-refractivity contribution in [3.63, 3.8) is 0 Å². The van der Waals surface area contributed by atoms with Crippen molar-refractivity contribution in [1.82, 2.24) is 0 Å². The maximum absolute atomic E-state index is 9.40. The lowest BCUT2D eigenvalue weighted by atomic mass is 10.2. The molecule has 1 N–H and O–H groups in total. The van der Waals surface area contributed by atoms with E-state index in [0.717, 1.165) is 43.0 Å². The molecule has 0 rings (SSSR count). The van der Waals surface area contributed by atoms with Crippen LogP contribution in [0.3, 0.4) is 0 Å². The average Bonchev–Trinajstić information content (AvgIpc) is 2.12. The fourth-order valence-electron chi connectivity index (χ4n) is 1.84. The molecule has 0 amide bonds. The van der Waals surface area contributed by atoms with E-state index in [-0.39, 0.29) is 6.10 Å². The zero-order chi connectivity index (χ0) is 10.3. The Kier molecular flexibility index (Phi) is 6.74. The number of aliphatic hydroxyl groups is 1. The van der Waals surface area contributed by atoms with E-state index in [1.165, 1.54) is 0 Å². The van der Waals surface area contributed by atoms with E-state index < -0.39 is 0 Å². The summed E-state index contributed by atoms with van der Waals surface area (Å²) in [6.45, 7) is 10.3. The van der Waals surface area contributed by atoms with Crippen molar-refractivity contribution in [2.75, 3.05) is 32.1 Å². The van der Waals surface area contributed by atoms with Gasteiger partial charge in [-0.15, -0.1) is 11.6 Å². The third kappa shape index (κ3) is 4.84. The van der Waals surface area contributed by atoms with Gasteiger partial charge in [0.1, 0.15) is 12.6 Å². The molecule has 2 nitrogen and oxygen atoms in total. The summed E-state index contributed by atoms with van der Waals surface area (Å²) >= 11 is 5.69. The number of nitrogens with zero attached hydrogens (tertiary/aromatic N) is 1. The monoisotopic (exact) mass is 208 g/mol. The highest BCUT2D eigenvalue weighted by Gasteiger charge is 2.24. The highest BCUT2D eigenvalue weighted by molar-refractivity contribution is 6.17. The molecule has 0 heterocycles. The Labute approximate surface area is 87.1 Å². The van der Waals surface area contributed by atoms with E-state index in [4.69, 9.17) is 11.6 Å². The largest absolute Gasteiger partial charge is 0.388 e. The van der Waals surface area contributed by atoms with Gasteiger partial charge in [-0.2, -0.15) is 0 Å². The van der Waals surface area contributed by atoms with Crippen molar-refractivity contribution in [2.45, 2.75) is 33.3 Å². The number of alkyl halides is 1. The topological polar surface area (TPSA) is 20.2 Å². The minimum Gasteiger partial charge on any atom is -0.388 e. The summed E-state index contributed by atoms with van der Waals surface area (Å²) in [7, 11) is 0. The molecule has 80 valence electrons. The molecule has 1 atom stereocenters. The van der Waals surface area contributed by atoms with Crippen LogP contribution in [-0.2, 0) is 0 Å². The number of aliphatic hydroxyl groups excluding tert-OH is 1. The smallest absolute Gasteiger partial charge is 0.105 e. The summed E-state index contributed by atoms with van der Waals surface area (Å²) in [5.74, 6) is 0.722. The van der Waals surface area contributed by atoms with Crippen LogP contribution in [0.1, 0.15) is 27.2 Å². The lowest BCUT2D eigenvalue weighted by Gasteiger charge is -2.37. The van der Waals surface area contributed by atoms with Gasteiger partial charge in [-0.1, -0.05) is 0 Å². The second-order valence-corrected chi connectivity index (χ2v) is 4.15. The number of halogens is 1. The van der Waals surface area contributed by atoms with Gasteiger partial charge < -0.3 is 9.59 Å². The van der Waals surface area contributed by atoms with Gasteiger partial charge in [0.05, 0.1) is 19.6 Å². The molecule has 0 fully saturated rings. The SMILES string of the molecule is CC[N+](CC)(CCCCl)CC(C)O. The van der Waals surface area contributed by atoms with Gasteiger partial charge in [-0.05, 0) is 20.8 Å². The molecule has 0 aromatic rings. The van der Waals surface area contributed by atoms with Gasteiger partial charge in [-0.3, -0.25) is 0 Å². The summed E-state index contributed by atoms with van der Waals surface area (Å²) in [5.41, 5.74) is 0. The van der Waals surface area contributed by atoms with Crippen LogP contribution in [0.2, 0.25) is 0 Å². The minimum atomic E-state index is -0.213. The summed E-state index contributed by atoms with van der Waals surface area (Å²) in [6, 6.07) is 0. The Morgan fingerprint density at radius 1 is 1.31 bits per heavy atom. The number of rotatable bonds is 7. The molecular formula is C10H23ClNO+. The number of hydrogen-bond donors (Lipinski definition) is 1. The maximum Gasteiger partial charge on any atom is 0.105 e. The molecule has 1 unspecified atom stereocenters. The number of likely N-dealkylation sites (N-methyl/N-ethyl adjacent to an activating group) is 1. The summed E-state index contributed by atoms with van der Waals surface area (Å²) in [4.78, 5) is 0. The first-order valence-corrected chi connectivity index (χ1v) is 5.72. The first kappa shape index (κ1) is 13.2. The van der Waals surface area contributed by atoms with Crippen LogP contribution in [-0.4, -0.2) is 47.8 Å². The van der Waals surface area contributed by atoms with E-state index in [2.05, 4.69) is 13.8 Å². The zero-order valence-electron chi connectivity index (χ0n) is 9.09. The van der Waals surface area contributed by atoms with Gasteiger partial charge in [0, 0.05) is 12.3 Å². The summed E-state index contributed by atoms with van der Waals surface area (Å²) in [5, 5.41) is 9.40. The molecule has 0 aliphatic heterocycles. The third-order valence-electron chi connectivity index (χ3n) is 2.76. The van der Waals surface area contributed by atoms with Gasteiger partial charge >= 0.3 is 0 Å². The standard InChI is InChI=1S/C10H23ClNO/c1-4-12(5-2,8-6-7-11)9-10(3)13/h10,13H,4-9H2,1-3H3/q+1. The molecule has 0 spiro atoms. The molecule has 0 aliphatic carbocycles. The molecule has 13 heavy (non-hydrogen) atoms. The van der Waals surface area contributed by atoms with E-state index in [9.17, 15) is 5.11 Å². The first-order valence-electron chi connectivity index (χ1n) is 5.19. The molecule has 0 aromatic carbocycles. The van der Waals surface area contributed by atoms with Crippen molar-refractivity contribution < 1.29 is 9.59 Å². The van der Waals surface area contributed by atoms with Gasteiger partial charge in [-0.25, -0.2) is 0 Å².